The van der Waals surface area contributed by atoms with Crippen LogP contribution in [0.15, 0.2) is 12.3 Å². The molecule has 0 aromatic carbocycles. The zero-order valence-corrected chi connectivity index (χ0v) is 19.7. The van der Waals surface area contributed by atoms with Gasteiger partial charge in [0.15, 0.2) is 0 Å². The van der Waals surface area contributed by atoms with E-state index in [0.717, 1.165) is 6.42 Å². The Kier molecular flexibility index (Phi) is 26.1. The highest BCUT2D eigenvalue weighted by Crippen LogP contribution is 2.15. The lowest BCUT2D eigenvalue weighted by molar-refractivity contribution is 0.518. The second kappa shape index (κ2) is 26.5. The average Bonchev–Trinajstić information content (AvgIpc) is 2.71. The quantitative estimate of drug-likeness (QED) is 0.162. The van der Waals surface area contributed by atoms with Gasteiger partial charge in [0.05, 0.1) is 0 Å². The first-order valence-corrected chi connectivity index (χ1v) is 13.3. The zero-order valence-electron chi connectivity index (χ0n) is 19.7. The Morgan fingerprint density at radius 3 is 0.893 bits per heavy atom. The van der Waals surface area contributed by atoms with Crippen LogP contribution >= 0.6 is 0 Å². The maximum atomic E-state index is 5.34. The Balaban J connectivity index is 2.98. The molecule has 168 valence electrons. The molecule has 0 unspecified atom stereocenters. The van der Waals surface area contributed by atoms with Crippen LogP contribution in [0, 0.1) is 0 Å². The molecule has 0 bridgehead atoms. The maximum Gasteiger partial charge on any atom is -0.0103 e. The van der Waals surface area contributed by atoms with Gasteiger partial charge in [-0.25, -0.2) is 0 Å². The minimum absolute atomic E-state index is 1.16. The topological polar surface area (TPSA) is 26.0 Å². The average molecular weight is 394 g/mol. The van der Waals surface area contributed by atoms with Crippen LogP contribution in [-0.2, 0) is 0 Å². The van der Waals surface area contributed by atoms with Crippen LogP contribution in [0.3, 0.4) is 0 Å². The molecule has 0 saturated heterocycles. The van der Waals surface area contributed by atoms with Crippen molar-refractivity contribution in [1.29, 1.82) is 0 Å². The van der Waals surface area contributed by atoms with Crippen LogP contribution in [0.2, 0.25) is 0 Å². The molecule has 0 heterocycles. The molecule has 0 saturated carbocycles. The van der Waals surface area contributed by atoms with Gasteiger partial charge in [0.2, 0.25) is 0 Å². The largest absolute Gasteiger partial charge is 0.405 e. The number of nitrogens with two attached hydrogens (primary N) is 1. The van der Waals surface area contributed by atoms with Gasteiger partial charge in [-0.1, -0.05) is 154 Å². The number of allylic oxidation sites excluding steroid dienone is 1. The normalized spacial score (nSPS) is 11.6. The van der Waals surface area contributed by atoms with Crippen LogP contribution in [0.1, 0.15) is 161 Å². The molecule has 0 amide bonds. The van der Waals surface area contributed by atoms with Gasteiger partial charge in [-0.15, -0.1) is 0 Å². The molecule has 1 nitrogen and oxygen atoms in total. The van der Waals surface area contributed by atoms with Crippen molar-refractivity contribution in [1.82, 2.24) is 0 Å². The van der Waals surface area contributed by atoms with Crippen LogP contribution in [0.25, 0.3) is 0 Å². The Morgan fingerprint density at radius 1 is 0.393 bits per heavy atom. The van der Waals surface area contributed by atoms with Crippen molar-refractivity contribution >= 4 is 0 Å². The third-order valence-corrected chi connectivity index (χ3v) is 6.11. The number of unbranched alkanes of at least 4 members (excludes halogenated alkanes) is 23. The van der Waals surface area contributed by atoms with E-state index < -0.39 is 0 Å². The van der Waals surface area contributed by atoms with Crippen molar-refractivity contribution in [2.45, 2.75) is 161 Å². The molecule has 0 aromatic rings. The SMILES string of the molecule is CCCCCCCCCCCCCCCCCCCCCCCCCC=CN. The first kappa shape index (κ1) is 27.5. The van der Waals surface area contributed by atoms with Crippen LogP contribution in [0.4, 0.5) is 0 Å². The van der Waals surface area contributed by atoms with E-state index in [9.17, 15) is 0 Å². The fourth-order valence-corrected chi connectivity index (χ4v) is 4.14. The molecule has 0 rings (SSSR count). The van der Waals surface area contributed by atoms with Crippen LogP contribution < -0.4 is 5.73 Å². The monoisotopic (exact) mass is 393 g/mol. The number of hydrogen-bond donors (Lipinski definition) is 1. The minimum Gasteiger partial charge on any atom is -0.405 e. The molecule has 0 aliphatic heterocycles. The van der Waals surface area contributed by atoms with E-state index in [2.05, 4.69) is 13.0 Å². The molecular weight excluding hydrogens is 338 g/mol. The molecule has 1 heteroatoms. The summed E-state index contributed by atoms with van der Waals surface area (Å²) in [5, 5.41) is 0. The molecule has 0 aliphatic rings. The Bertz CT molecular complexity index is 284. The lowest BCUT2D eigenvalue weighted by Crippen LogP contribution is -1.84. The van der Waals surface area contributed by atoms with Gasteiger partial charge in [0.1, 0.15) is 0 Å². The first-order valence-electron chi connectivity index (χ1n) is 13.3. The van der Waals surface area contributed by atoms with Crippen LogP contribution in [0.5, 0.6) is 0 Å². The molecular formula is C27H55N. The number of hydrogen-bond acceptors (Lipinski definition) is 1. The summed E-state index contributed by atoms with van der Waals surface area (Å²) in [5.41, 5.74) is 5.34. The van der Waals surface area contributed by atoms with Gasteiger partial charge >= 0.3 is 0 Å². The van der Waals surface area contributed by atoms with Crippen molar-refractivity contribution in [2.75, 3.05) is 0 Å². The lowest BCUT2D eigenvalue weighted by atomic mass is 10.0. The second-order valence-electron chi connectivity index (χ2n) is 9.00. The van der Waals surface area contributed by atoms with Gasteiger partial charge in [-0.3, -0.25) is 0 Å². The molecule has 0 spiro atoms. The molecule has 0 aromatic heterocycles. The summed E-state index contributed by atoms with van der Waals surface area (Å²) in [6.07, 6.45) is 38.4. The maximum absolute atomic E-state index is 5.34. The highest BCUT2D eigenvalue weighted by atomic mass is 14.5. The lowest BCUT2D eigenvalue weighted by Gasteiger charge is -2.04. The van der Waals surface area contributed by atoms with Gasteiger partial charge in [0.25, 0.3) is 0 Å². The fraction of sp³-hybridized carbons (Fsp3) is 0.926. The summed E-state index contributed by atoms with van der Waals surface area (Å²) in [6, 6.07) is 0. The molecule has 0 aliphatic carbocycles. The van der Waals surface area contributed by atoms with E-state index in [4.69, 9.17) is 5.73 Å². The van der Waals surface area contributed by atoms with Crippen molar-refractivity contribution in [2.24, 2.45) is 5.73 Å². The van der Waals surface area contributed by atoms with Gasteiger partial charge < -0.3 is 5.73 Å². The van der Waals surface area contributed by atoms with E-state index in [-0.39, 0.29) is 0 Å². The zero-order chi connectivity index (χ0) is 20.4. The third-order valence-electron chi connectivity index (χ3n) is 6.11. The molecule has 0 atom stereocenters. The van der Waals surface area contributed by atoms with Gasteiger partial charge in [-0.05, 0) is 19.0 Å². The highest BCUT2D eigenvalue weighted by molar-refractivity contribution is 4.74. The predicted molar refractivity (Wildman–Crippen MR) is 130 cm³/mol. The Labute approximate surface area is 179 Å². The summed E-state index contributed by atoms with van der Waals surface area (Å²) in [6.45, 7) is 2.30. The predicted octanol–water partition coefficient (Wildman–Crippen LogP) is 9.84. The van der Waals surface area contributed by atoms with Gasteiger partial charge in [0, 0.05) is 0 Å². The molecule has 0 fully saturated rings. The summed E-state index contributed by atoms with van der Waals surface area (Å²) in [7, 11) is 0. The summed E-state index contributed by atoms with van der Waals surface area (Å²) >= 11 is 0. The second-order valence-corrected chi connectivity index (χ2v) is 9.00. The van der Waals surface area contributed by atoms with E-state index in [1.54, 1.807) is 6.20 Å². The smallest absolute Gasteiger partial charge is 0.0103 e. The van der Waals surface area contributed by atoms with E-state index in [1.165, 1.54) is 148 Å². The van der Waals surface area contributed by atoms with E-state index in [0.29, 0.717) is 0 Å². The fourth-order valence-electron chi connectivity index (χ4n) is 4.14. The van der Waals surface area contributed by atoms with Crippen molar-refractivity contribution in [3.8, 4) is 0 Å². The van der Waals surface area contributed by atoms with Crippen molar-refractivity contribution in [3.05, 3.63) is 12.3 Å². The van der Waals surface area contributed by atoms with Crippen LogP contribution in [-0.4, -0.2) is 0 Å². The van der Waals surface area contributed by atoms with Gasteiger partial charge in [-0.2, -0.15) is 0 Å². The standard InChI is InChI=1S/C27H55N/c1-2-3-4-5-6-7-8-9-10-11-12-13-14-15-16-17-18-19-20-21-22-23-24-25-26-27-28/h26-27H,2-25,28H2,1H3. The van der Waals surface area contributed by atoms with Crippen molar-refractivity contribution in [3.63, 3.8) is 0 Å². The Morgan fingerprint density at radius 2 is 0.643 bits per heavy atom. The molecule has 28 heavy (non-hydrogen) atoms. The number of rotatable bonds is 24. The minimum atomic E-state index is 1.16. The first-order chi connectivity index (χ1) is 13.9. The summed E-state index contributed by atoms with van der Waals surface area (Å²) in [4.78, 5) is 0. The third kappa shape index (κ3) is 25.5. The van der Waals surface area contributed by atoms with Crippen molar-refractivity contribution < 1.29 is 0 Å². The van der Waals surface area contributed by atoms with E-state index in [1.807, 2.05) is 0 Å². The summed E-state index contributed by atoms with van der Waals surface area (Å²) in [5.74, 6) is 0. The summed E-state index contributed by atoms with van der Waals surface area (Å²) < 4.78 is 0. The highest BCUT2D eigenvalue weighted by Gasteiger charge is 1.95. The molecule has 2 N–H and O–H groups in total. The van der Waals surface area contributed by atoms with E-state index >= 15 is 0 Å². The molecule has 0 radical (unpaired) electrons. The Hall–Kier alpha value is -0.460.